The van der Waals surface area contributed by atoms with E-state index in [0.717, 1.165) is 31.9 Å². The van der Waals surface area contributed by atoms with E-state index in [1.807, 2.05) is 6.92 Å². The summed E-state index contributed by atoms with van der Waals surface area (Å²) in [6, 6.07) is 4.52. The molecular formula is C16H24FN3O2. The normalized spacial score (nSPS) is 17.4. The van der Waals surface area contributed by atoms with Crippen molar-refractivity contribution in [2.45, 2.75) is 19.4 Å². The van der Waals surface area contributed by atoms with Crippen LogP contribution in [-0.2, 0) is 9.53 Å². The number of ether oxygens (including phenoxy) is 1. The van der Waals surface area contributed by atoms with E-state index in [-0.39, 0.29) is 11.7 Å². The van der Waals surface area contributed by atoms with Crippen LogP contribution >= 0.6 is 0 Å². The Bertz CT molecular complexity index is 512. The molecule has 1 aliphatic heterocycles. The Morgan fingerprint density at radius 2 is 2.05 bits per heavy atom. The number of likely N-dealkylation sites (N-methyl/N-ethyl adjacent to an activating group) is 1. The maximum absolute atomic E-state index is 13.6. The van der Waals surface area contributed by atoms with Crippen LogP contribution in [0.15, 0.2) is 18.2 Å². The molecule has 1 saturated heterocycles. The van der Waals surface area contributed by atoms with Gasteiger partial charge in [-0.25, -0.2) is 4.39 Å². The first-order chi connectivity index (χ1) is 10.5. The number of piperazine rings is 1. The highest BCUT2D eigenvalue weighted by molar-refractivity contribution is 5.97. The van der Waals surface area contributed by atoms with E-state index in [9.17, 15) is 9.18 Å². The highest BCUT2D eigenvalue weighted by atomic mass is 19.1. The first-order valence-corrected chi connectivity index (χ1v) is 7.61. The zero-order valence-corrected chi connectivity index (χ0v) is 13.4. The predicted octanol–water partition coefficient (Wildman–Crippen LogP) is 1.94. The summed E-state index contributed by atoms with van der Waals surface area (Å²) in [7, 11) is 3.58. The number of hydrogen-bond acceptors (Lipinski definition) is 4. The van der Waals surface area contributed by atoms with Crippen LogP contribution in [0.2, 0.25) is 0 Å². The van der Waals surface area contributed by atoms with Crippen molar-refractivity contribution in [1.82, 2.24) is 4.90 Å². The molecule has 22 heavy (non-hydrogen) atoms. The van der Waals surface area contributed by atoms with Crippen molar-refractivity contribution in [3.63, 3.8) is 0 Å². The smallest absolute Gasteiger partial charge is 0.253 e. The lowest BCUT2D eigenvalue weighted by Crippen LogP contribution is -2.44. The maximum Gasteiger partial charge on any atom is 0.253 e. The molecule has 0 unspecified atom stereocenters. The summed E-state index contributed by atoms with van der Waals surface area (Å²) >= 11 is 0. The average Bonchev–Trinajstić information content (AvgIpc) is 2.50. The second kappa shape index (κ2) is 7.56. The Morgan fingerprint density at radius 1 is 1.36 bits per heavy atom. The van der Waals surface area contributed by atoms with E-state index >= 15 is 0 Å². The van der Waals surface area contributed by atoms with Crippen molar-refractivity contribution in [1.29, 1.82) is 0 Å². The van der Waals surface area contributed by atoms with Gasteiger partial charge in [0, 0.05) is 33.3 Å². The van der Waals surface area contributed by atoms with Crippen molar-refractivity contribution in [2.24, 2.45) is 0 Å². The first kappa shape index (κ1) is 16.7. The van der Waals surface area contributed by atoms with Gasteiger partial charge in [-0.15, -0.1) is 0 Å². The van der Waals surface area contributed by atoms with Crippen molar-refractivity contribution >= 4 is 17.3 Å². The van der Waals surface area contributed by atoms with E-state index < -0.39 is 6.10 Å². The summed E-state index contributed by atoms with van der Waals surface area (Å²) < 4.78 is 18.7. The quantitative estimate of drug-likeness (QED) is 0.903. The van der Waals surface area contributed by atoms with Gasteiger partial charge >= 0.3 is 0 Å². The van der Waals surface area contributed by atoms with Crippen LogP contribution in [0.1, 0.15) is 13.3 Å². The van der Waals surface area contributed by atoms with Gasteiger partial charge in [0.15, 0.2) is 0 Å². The second-order valence-electron chi connectivity index (χ2n) is 5.57. The molecule has 1 atom stereocenters. The van der Waals surface area contributed by atoms with Crippen molar-refractivity contribution in [3.05, 3.63) is 24.0 Å². The Balaban J connectivity index is 2.19. The molecule has 0 radical (unpaired) electrons. The van der Waals surface area contributed by atoms with E-state index in [1.165, 1.54) is 19.2 Å². The van der Waals surface area contributed by atoms with E-state index in [1.54, 1.807) is 6.07 Å². The van der Waals surface area contributed by atoms with E-state index in [2.05, 4.69) is 22.2 Å². The Labute approximate surface area is 131 Å². The number of amides is 1. The number of methoxy groups -OCH3 is 1. The molecule has 1 amide bonds. The zero-order chi connectivity index (χ0) is 16.1. The van der Waals surface area contributed by atoms with Gasteiger partial charge < -0.3 is 19.9 Å². The summed E-state index contributed by atoms with van der Waals surface area (Å²) in [6.07, 6.45) is 0.0465. The molecule has 1 fully saturated rings. The molecule has 1 aromatic rings. The van der Waals surface area contributed by atoms with Gasteiger partial charge in [-0.3, -0.25) is 4.79 Å². The fraction of sp³-hybridized carbons (Fsp3) is 0.562. The number of carbonyl (C=O) groups is 1. The lowest BCUT2D eigenvalue weighted by atomic mass is 10.2. The third-order valence-electron chi connectivity index (χ3n) is 4.01. The SMILES string of the molecule is CC[C@H](OC)C(=O)Nc1cc(F)ccc1N1CCN(C)CC1. The van der Waals surface area contributed by atoms with Crippen LogP contribution in [0, 0.1) is 5.82 Å². The molecule has 5 nitrogen and oxygen atoms in total. The summed E-state index contributed by atoms with van der Waals surface area (Å²) in [5.41, 5.74) is 1.36. The topological polar surface area (TPSA) is 44.8 Å². The van der Waals surface area contributed by atoms with Gasteiger partial charge in [0.2, 0.25) is 0 Å². The average molecular weight is 309 g/mol. The molecule has 0 aromatic heterocycles. The molecule has 6 heteroatoms. The lowest BCUT2D eigenvalue weighted by Gasteiger charge is -2.35. The van der Waals surface area contributed by atoms with Gasteiger partial charge in [0.05, 0.1) is 11.4 Å². The molecule has 1 aliphatic rings. The highest BCUT2D eigenvalue weighted by Gasteiger charge is 2.21. The molecule has 0 bridgehead atoms. The summed E-state index contributed by atoms with van der Waals surface area (Å²) in [5, 5.41) is 2.80. The number of hydrogen-bond donors (Lipinski definition) is 1. The third kappa shape index (κ3) is 3.96. The van der Waals surface area contributed by atoms with Gasteiger partial charge in [-0.05, 0) is 31.7 Å². The predicted molar refractivity (Wildman–Crippen MR) is 85.8 cm³/mol. The second-order valence-corrected chi connectivity index (χ2v) is 5.57. The number of nitrogens with zero attached hydrogens (tertiary/aromatic N) is 2. The van der Waals surface area contributed by atoms with E-state index in [0.29, 0.717) is 12.1 Å². The van der Waals surface area contributed by atoms with Crippen molar-refractivity contribution < 1.29 is 13.9 Å². The molecule has 1 N–H and O–H groups in total. The summed E-state index contributed by atoms with van der Waals surface area (Å²) in [4.78, 5) is 16.6. The van der Waals surface area contributed by atoms with Gasteiger partial charge in [0.25, 0.3) is 5.91 Å². The fourth-order valence-electron chi connectivity index (χ4n) is 2.60. The minimum Gasteiger partial charge on any atom is -0.372 e. The fourth-order valence-corrected chi connectivity index (χ4v) is 2.60. The third-order valence-corrected chi connectivity index (χ3v) is 4.01. The largest absolute Gasteiger partial charge is 0.372 e. The minimum absolute atomic E-state index is 0.244. The molecule has 1 aromatic carbocycles. The lowest BCUT2D eigenvalue weighted by molar-refractivity contribution is -0.125. The van der Waals surface area contributed by atoms with Crippen LogP contribution in [0.5, 0.6) is 0 Å². The minimum atomic E-state index is -0.524. The van der Waals surface area contributed by atoms with Crippen LogP contribution in [0.4, 0.5) is 15.8 Å². The molecule has 0 aliphatic carbocycles. The molecule has 122 valence electrons. The Morgan fingerprint density at radius 3 is 2.64 bits per heavy atom. The first-order valence-electron chi connectivity index (χ1n) is 7.61. The van der Waals surface area contributed by atoms with Crippen LogP contribution in [-0.4, -0.2) is 57.2 Å². The number of anilines is 2. The molecule has 2 rings (SSSR count). The number of carbonyl (C=O) groups excluding carboxylic acids is 1. The van der Waals surface area contributed by atoms with Crippen LogP contribution in [0.3, 0.4) is 0 Å². The van der Waals surface area contributed by atoms with Crippen molar-refractivity contribution in [3.8, 4) is 0 Å². The maximum atomic E-state index is 13.6. The summed E-state index contributed by atoms with van der Waals surface area (Å²) in [5.74, 6) is -0.607. The molecule has 0 saturated carbocycles. The zero-order valence-electron chi connectivity index (χ0n) is 13.4. The standard InChI is InChI=1S/C16H24FN3O2/c1-4-15(22-3)16(21)18-13-11-12(17)5-6-14(13)20-9-7-19(2)8-10-20/h5-6,11,15H,4,7-10H2,1-3H3,(H,18,21)/t15-/m0/s1. The van der Waals surface area contributed by atoms with Crippen molar-refractivity contribution in [2.75, 3.05) is 50.6 Å². The highest BCUT2D eigenvalue weighted by Crippen LogP contribution is 2.28. The van der Waals surface area contributed by atoms with Crippen LogP contribution < -0.4 is 10.2 Å². The van der Waals surface area contributed by atoms with Gasteiger partial charge in [-0.2, -0.15) is 0 Å². The van der Waals surface area contributed by atoms with Gasteiger partial charge in [-0.1, -0.05) is 6.92 Å². The number of nitrogens with one attached hydrogen (secondary N) is 1. The number of rotatable bonds is 5. The molecular weight excluding hydrogens is 285 g/mol. The number of benzene rings is 1. The van der Waals surface area contributed by atoms with Crippen LogP contribution in [0.25, 0.3) is 0 Å². The number of halogens is 1. The molecule has 1 heterocycles. The van der Waals surface area contributed by atoms with Gasteiger partial charge in [0.1, 0.15) is 11.9 Å². The molecule has 0 spiro atoms. The Kier molecular flexibility index (Phi) is 5.74. The Hall–Kier alpha value is -1.66. The monoisotopic (exact) mass is 309 g/mol. The van der Waals surface area contributed by atoms with E-state index in [4.69, 9.17) is 4.74 Å². The summed E-state index contributed by atoms with van der Waals surface area (Å²) in [6.45, 7) is 5.47.